The van der Waals surface area contributed by atoms with Crippen molar-refractivity contribution in [1.29, 1.82) is 0 Å². The van der Waals surface area contributed by atoms with Crippen molar-refractivity contribution in [2.75, 3.05) is 0 Å². The Labute approximate surface area is 63.0 Å². The second kappa shape index (κ2) is 2.25. The minimum atomic E-state index is 1.05. The van der Waals surface area contributed by atoms with Gasteiger partial charge in [-0.05, 0) is 23.4 Å². The van der Waals surface area contributed by atoms with Crippen molar-refractivity contribution in [3.63, 3.8) is 0 Å². The molecule has 0 unspecified atom stereocenters. The summed E-state index contributed by atoms with van der Waals surface area (Å²) >= 11 is 1.64. The molecule has 0 atom stereocenters. The average molecular weight is 147 g/mol. The molecule has 0 saturated carbocycles. The molecule has 1 aliphatic rings. The Kier molecular flexibility index (Phi) is 1.28. The van der Waals surface area contributed by atoms with Gasteiger partial charge < -0.3 is 0 Å². The van der Waals surface area contributed by atoms with E-state index in [2.05, 4.69) is 16.9 Å². The first-order chi connectivity index (χ1) is 4.97. The molecule has 0 fully saturated rings. The number of allylic oxidation sites excluding steroid dienone is 2. The van der Waals surface area contributed by atoms with Gasteiger partial charge in [-0.15, -0.1) is 11.3 Å². The largest absolute Gasteiger partial charge is 0.195 e. The Hall–Kier alpha value is -1.11. The number of aliphatic imine (C=N–C) groups is 1. The second-order valence-electron chi connectivity index (χ2n) is 1.95. The summed E-state index contributed by atoms with van der Waals surface area (Å²) in [5.41, 5.74) is 1.19. The first-order valence-electron chi connectivity index (χ1n) is 3.00. The Morgan fingerprint density at radius 1 is 1.50 bits per heavy atom. The van der Waals surface area contributed by atoms with E-state index in [-0.39, 0.29) is 0 Å². The molecule has 0 N–H and O–H groups in total. The van der Waals surface area contributed by atoms with Crippen LogP contribution in [0.3, 0.4) is 0 Å². The fraction of sp³-hybridized carbons (Fsp3) is 0. The molecule has 1 aliphatic heterocycles. The Morgan fingerprint density at radius 3 is 3.50 bits per heavy atom. The lowest BCUT2D eigenvalue weighted by Crippen LogP contribution is -1.58. The Morgan fingerprint density at radius 2 is 2.50 bits per heavy atom. The van der Waals surface area contributed by atoms with E-state index in [4.69, 9.17) is 0 Å². The zero-order valence-corrected chi connectivity index (χ0v) is 6.06. The van der Waals surface area contributed by atoms with Crippen molar-refractivity contribution < 1.29 is 0 Å². The number of thiophene rings is 1. The number of hydrogen-bond acceptors (Lipinski definition) is 2. The van der Waals surface area contributed by atoms with E-state index < -0.39 is 0 Å². The summed E-state index contributed by atoms with van der Waals surface area (Å²) < 4.78 is 0. The fourth-order valence-electron chi connectivity index (χ4n) is 0.820. The molecule has 0 saturated heterocycles. The van der Waals surface area contributed by atoms with Gasteiger partial charge in [0.15, 0.2) is 0 Å². The van der Waals surface area contributed by atoms with E-state index >= 15 is 0 Å². The molecular formula is C8H5NS. The van der Waals surface area contributed by atoms with Crippen LogP contribution in [0, 0.1) is 0 Å². The summed E-state index contributed by atoms with van der Waals surface area (Å²) in [6.07, 6.45) is 5.80. The van der Waals surface area contributed by atoms with Crippen molar-refractivity contribution in [2.45, 2.75) is 0 Å². The van der Waals surface area contributed by atoms with Crippen LogP contribution in [0.15, 0.2) is 28.6 Å². The predicted molar refractivity (Wildman–Crippen MR) is 45.0 cm³/mol. The minimum absolute atomic E-state index is 1.05. The standard InChI is InChI=1S/C8H5NS/c1-2-5-9-8-7(3-1)4-6-10-8/h1-4,6H. The van der Waals surface area contributed by atoms with E-state index in [1.54, 1.807) is 11.3 Å². The molecule has 48 valence electrons. The third kappa shape index (κ3) is 0.838. The van der Waals surface area contributed by atoms with Gasteiger partial charge in [-0.1, -0.05) is 12.2 Å². The van der Waals surface area contributed by atoms with Gasteiger partial charge in [-0.2, -0.15) is 4.99 Å². The molecule has 0 aliphatic carbocycles. The quantitative estimate of drug-likeness (QED) is 0.535. The molecule has 0 spiro atoms. The molecule has 1 aromatic heterocycles. The van der Waals surface area contributed by atoms with Crippen molar-refractivity contribution in [3.05, 3.63) is 29.2 Å². The van der Waals surface area contributed by atoms with Gasteiger partial charge in [-0.25, -0.2) is 0 Å². The van der Waals surface area contributed by atoms with Crippen molar-refractivity contribution in [3.8, 4) is 0 Å². The zero-order chi connectivity index (χ0) is 6.81. The van der Waals surface area contributed by atoms with Gasteiger partial charge in [0, 0.05) is 5.56 Å². The van der Waals surface area contributed by atoms with Crippen molar-refractivity contribution in [2.24, 2.45) is 4.99 Å². The van der Waals surface area contributed by atoms with Crippen LogP contribution < -0.4 is 0 Å². The van der Waals surface area contributed by atoms with Gasteiger partial charge in [0.05, 0.1) is 0 Å². The van der Waals surface area contributed by atoms with Crippen LogP contribution in [0.1, 0.15) is 5.56 Å². The lowest BCUT2D eigenvalue weighted by atomic mass is 10.3. The summed E-state index contributed by atoms with van der Waals surface area (Å²) in [6.45, 7) is 0. The molecule has 1 aromatic rings. The summed E-state index contributed by atoms with van der Waals surface area (Å²) in [7, 11) is 0. The van der Waals surface area contributed by atoms with E-state index in [1.807, 2.05) is 23.6 Å². The second-order valence-corrected chi connectivity index (χ2v) is 2.84. The molecule has 1 nitrogen and oxygen atoms in total. The summed E-state index contributed by atoms with van der Waals surface area (Å²) in [4.78, 5) is 4.10. The first-order valence-corrected chi connectivity index (χ1v) is 3.88. The van der Waals surface area contributed by atoms with Crippen LogP contribution in [-0.4, -0.2) is 5.87 Å². The highest BCUT2D eigenvalue weighted by atomic mass is 32.1. The first kappa shape index (κ1) is 5.66. The molecule has 2 heteroatoms. The highest BCUT2D eigenvalue weighted by molar-refractivity contribution is 7.14. The maximum absolute atomic E-state index is 4.10. The highest BCUT2D eigenvalue weighted by Crippen LogP contribution is 2.27. The summed E-state index contributed by atoms with van der Waals surface area (Å²) in [5, 5.41) is 3.08. The SMILES string of the molecule is C1=CC=Cc2ccsc2N=1. The zero-order valence-electron chi connectivity index (χ0n) is 5.24. The van der Waals surface area contributed by atoms with Crippen LogP contribution in [-0.2, 0) is 0 Å². The third-order valence-electron chi connectivity index (χ3n) is 1.29. The van der Waals surface area contributed by atoms with Gasteiger partial charge in [0.25, 0.3) is 0 Å². The van der Waals surface area contributed by atoms with E-state index in [1.165, 1.54) is 5.56 Å². The maximum atomic E-state index is 4.10. The van der Waals surface area contributed by atoms with Crippen LogP contribution >= 0.6 is 11.3 Å². The molecular weight excluding hydrogens is 142 g/mol. The van der Waals surface area contributed by atoms with E-state index in [9.17, 15) is 0 Å². The van der Waals surface area contributed by atoms with Crippen molar-refractivity contribution >= 4 is 28.3 Å². The van der Waals surface area contributed by atoms with Gasteiger partial charge in [-0.3, -0.25) is 0 Å². The number of fused-ring (bicyclic) bond motifs is 1. The van der Waals surface area contributed by atoms with E-state index in [0.29, 0.717) is 0 Å². The Balaban J connectivity index is 2.68. The van der Waals surface area contributed by atoms with Crippen LogP contribution in [0.5, 0.6) is 0 Å². The summed E-state index contributed by atoms with van der Waals surface area (Å²) in [5.74, 6) is 2.81. The molecule has 0 amide bonds. The predicted octanol–water partition coefficient (Wildman–Crippen LogP) is 2.63. The number of rotatable bonds is 0. The maximum Gasteiger partial charge on any atom is 0.133 e. The van der Waals surface area contributed by atoms with Crippen LogP contribution in [0.2, 0.25) is 0 Å². The lowest BCUT2D eigenvalue weighted by molar-refractivity contribution is 1.65. The topological polar surface area (TPSA) is 12.4 Å². The van der Waals surface area contributed by atoms with Gasteiger partial charge in [0.1, 0.15) is 5.00 Å². The molecule has 0 bridgehead atoms. The third-order valence-corrected chi connectivity index (χ3v) is 2.11. The minimum Gasteiger partial charge on any atom is -0.195 e. The molecule has 0 aromatic carbocycles. The highest BCUT2D eigenvalue weighted by Gasteiger charge is 1.97. The van der Waals surface area contributed by atoms with Gasteiger partial charge >= 0.3 is 0 Å². The molecule has 2 heterocycles. The smallest absolute Gasteiger partial charge is 0.133 e. The van der Waals surface area contributed by atoms with Crippen molar-refractivity contribution in [1.82, 2.24) is 0 Å². The van der Waals surface area contributed by atoms with Gasteiger partial charge in [0.2, 0.25) is 0 Å². The van der Waals surface area contributed by atoms with Crippen LogP contribution in [0.25, 0.3) is 6.08 Å². The molecule has 2 rings (SSSR count). The van der Waals surface area contributed by atoms with E-state index in [0.717, 1.165) is 5.00 Å². The summed E-state index contributed by atoms with van der Waals surface area (Å²) in [6, 6.07) is 2.06. The molecule has 10 heavy (non-hydrogen) atoms. The monoisotopic (exact) mass is 147 g/mol. The fourth-order valence-corrected chi connectivity index (χ4v) is 1.54. The average Bonchev–Trinajstić information content (AvgIpc) is 2.28. The Bertz CT molecular complexity index is 327. The number of hydrogen-bond donors (Lipinski definition) is 0. The van der Waals surface area contributed by atoms with Crippen LogP contribution in [0.4, 0.5) is 5.00 Å². The number of nitrogens with zero attached hydrogens (tertiary/aromatic N) is 1. The lowest BCUT2D eigenvalue weighted by Gasteiger charge is -1.83. The molecule has 0 radical (unpaired) electrons. The normalized spacial score (nSPS) is 13.2.